The van der Waals surface area contributed by atoms with Gasteiger partial charge >= 0.3 is 70.4 Å². The summed E-state index contributed by atoms with van der Waals surface area (Å²) in [5.74, 6) is 0.792. The summed E-state index contributed by atoms with van der Waals surface area (Å²) in [5.41, 5.74) is 0. The van der Waals surface area contributed by atoms with Crippen LogP contribution in [0.4, 0.5) is 0 Å². The molecule has 0 N–H and O–H groups in total. The second-order valence-corrected chi connectivity index (χ2v) is 3.88. The molecule has 0 aliphatic rings. The summed E-state index contributed by atoms with van der Waals surface area (Å²) in [6.07, 6.45) is 0. The third-order valence-corrected chi connectivity index (χ3v) is 3.24. The molecule has 2 nitrogen and oxygen atoms in total. The fraction of sp³-hybridized carbons (Fsp3) is 0.125. The number of benzene rings is 1. The van der Waals surface area contributed by atoms with Crippen molar-refractivity contribution in [3.8, 4) is 5.88 Å². The van der Waals surface area contributed by atoms with Crippen molar-refractivity contribution in [2.24, 2.45) is 0 Å². The Morgan fingerprint density at radius 3 is 3.00 bits per heavy atom. The SMILES string of the molecule is COc1n[se]c2ccccc12. The van der Waals surface area contributed by atoms with Crippen LogP contribution in [0, 0.1) is 0 Å². The molecule has 0 aliphatic carbocycles. The van der Waals surface area contributed by atoms with Gasteiger partial charge in [-0.3, -0.25) is 0 Å². The average molecular weight is 212 g/mol. The van der Waals surface area contributed by atoms with E-state index in [-0.39, 0.29) is 14.7 Å². The Labute approximate surface area is 70.8 Å². The summed E-state index contributed by atoms with van der Waals surface area (Å²) in [4.78, 5) is 0. The summed E-state index contributed by atoms with van der Waals surface area (Å²) >= 11 is 0.238. The van der Waals surface area contributed by atoms with Gasteiger partial charge in [-0.05, 0) is 0 Å². The van der Waals surface area contributed by atoms with Crippen molar-refractivity contribution in [1.82, 2.24) is 3.98 Å². The first kappa shape index (κ1) is 6.89. The molecular weight excluding hydrogens is 205 g/mol. The Balaban J connectivity index is 2.76. The number of hydrogen-bond donors (Lipinski definition) is 0. The molecule has 0 atom stereocenters. The Hall–Kier alpha value is -0.791. The molecule has 11 heavy (non-hydrogen) atoms. The number of methoxy groups -OCH3 is 1. The van der Waals surface area contributed by atoms with E-state index in [4.69, 9.17) is 4.74 Å². The van der Waals surface area contributed by atoms with E-state index in [0.29, 0.717) is 0 Å². The van der Waals surface area contributed by atoms with Crippen molar-refractivity contribution >= 4 is 24.4 Å². The summed E-state index contributed by atoms with van der Waals surface area (Å²) in [5, 5.41) is 1.16. The normalized spacial score (nSPS) is 10.3. The van der Waals surface area contributed by atoms with Crippen LogP contribution in [0.15, 0.2) is 24.3 Å². The Bertz CT molecular complexity index is 369. The van der Waals surface area contributed by atoms with Crippen LogP contribution in [0.3, 0.4) is 0 Å². The molecule has 2 rings (SSSR count). The maximum atomic E-state index is 5.10. The molecule has 0 bridgehead atoms. The molecule has 0 unspecified atom stereocenters. The molecule has 1 aromatic carbocycles. The van der Waals surface area contributed by atoms with Gasteiger partial charge in [0, 0.05) is 0 Å². The molecule has 2 aromatic rings. The van der Waals surface area contributed by atoms with Gasteiger partial charge in [0.25, 0.3) is 0 Å². The second kappa shape index (κ2) is 2.68. The number of ether oxygens (including phenoxy) is 1. The standard InChI is InChI=1S/C8H7NOSe/c1-10-8-6-4-2-3-5-7(6)11-9-8/h2-5H,1H3. The Kier molecular flexibility index (Phi) is 1.68. The average Bonchev–Trinajstić information content (AvgIpc) is 2.47. The summed E-state index contributed by atoms with van der Waals surface area (Å²) in [6.45, 7) is 0. The van der Waals surface area contributed by atoms with Crippen LogP contribution in [0.2, 0.25) is 0 Å². The van der Waals surface area contributed by atoms with Gasteiger partial charge in [0.1, 0.15) is 0 Å². The van der Waals surface area contributed by atoms with E-state index in [2.05, 4.69) is 10.0 Å². The van der Waals surface area contributed by atoms with Crippen molar-refractivity contribution in [2.45, 2.75) is 0 Å². The van der Waals surface area contributed by atoms with E-state index in [1.165, 1.54) is 4.26 Å². The molecule has 0 fully saturated rings. The topological polar surface area (TPSA) is 22.1 Å². The predicted octanol–water partition coefficient (Wildman–Crippen LogP) is 1.30. The first-order valence-corrected chi connectivity index (χ1v) is 4.92. The molecular formula is C8H7NOSe. The van der Waals surface area contributed by atoms with E-state index in [9.17, 15) is 0 Å². The van der Waals surface area contributed by atoms with Crippen LogP contribution in [0.1, 0.15) is 0 Å². The van der Waals surface area contributed by atoms with Crippen LogP contribution in [-0.2, 0) is 0 Å². The number of aromatic nitrogens is 1. The van der Waals surface area contributed by atoms with Gasteiger partial charge in [0.05, 0.1) is 0 Å². The third kappa shape index (κ3) is 1.06. The molecule has 1 aromatic heterocycles. The monoisotopic (exact) mass is 213 g/mol. The molecule has 0 spiro atoms. The predicted molar refractivity (Wildman–Crippen MR) is 45.2 cm³/mol. The fourth-order valence-electron chi connectivity index (χ4n) is 1.01. The second-order valence-electron chi connectivity index (χ2n) is 2.19. The van der Waals surface area contributed by atoms with Gasteiger partial charge in [-0.1, -0.05) is 0 Å². The third-order valence-electron chi connectivity index (χ3n) is 1.54. The number of rotatable bonds is 1. The van der Waals surface area contributed by atoms with Crippen LogP contribution >= 0.6 is 0 Å². The molecule has 0 saturated carbocycles. The minimum atomic E-state index is 0.238. The van der Waals surface area contributed by atoms with Crippen molar-refractivity contribution in [3.63, 3.8) is 0 Å². The first-order valence-electron chi connectivity index (χ1n) is 3.30. The van der Waals surface area contributed by atoms with Gasteiger partial charge in [0.2, 0.25) is 0 Å². The van der Waals surface area contributed by atoms with Crippen molar-refractivity contribution in [1.29, 1.82) is 0 Å². The molecule has 0 amide bonds. The van der Waals surface area contributed by atoms with E-state index in [1.807, 2.05) is 18.2 Å². The van der Waals surface area contributed by atoms with E-state index in [0.717, 1.165) is 11.3 Å². The minimum absolute atomic E-state index is 0.238. The van der Waals surface area contributed by atoms with Gasteiger partial charge in [-0.2, -0.15) is 0 Å². The van der Waals surface area contributed by atoms with E-state index >= 15 is 0 Å². The van der Waals surface area contributed by atoms with Gasteiger partial charge in [-0.25, -0.2) is 0 Å². The van der Waals surface area contributed by atoms with Crippen LogP contribution in [-0.4, -0.2) is 25.8 Å². The quantitative estimate of drug-likeness (QED) is 0.664. The zero-order chi connectivity index (χ0) is 7.68. The van der Waals surface area contributed by atoms with Gasteiger partial charge in [-0.15, -0.1) is 0 Å². The summed E-state index contributed by atoms with van der Waals surface area (Å²) in [6, 6.07) is 8.20. The van der Waals surface area contributed by atoms with Gasteiger partial charge < -0.3 is 0 Å². The van der Waals surface area contributed by atoms with E-state index < -0.39 is 0 Å². The molecule has 56 valence electrons. The molecule has 0 aliphatic heterocycles. The Morgan fingerprint density at radius 1 is 1.36 bits per heavy atom. The zero-order valence-electron chi connectivity index (χ0n) is 6.07. The molecule has 1 heterocycles. The van der Waals surface area contributed by atoms with Crippen LogP contribution < -0.4 is 4.74 Å². The number of fused-ring (bicyclic) bond motifs is 1. The van der Waals surface area contributed by atoms with E-state index in [1.54, 1.807) is 7.11 Å². The summed E-state index contributed by atoms with van der Waals surface area (Å²) in [7, 11) is 1.66. The zero-order valence-corrected chi connectivity index (χ0v) is 7.79. The van der Waals surface area contributed by atoms with Crippen molar-refractivity contribution in [3.05, 3.63) is 24.3 Å². The summed E-state index contributed by atoms with van der Waals surface area (Å²) < 4.78 is 10.7. The number of hydrogen-bond acceptors (Lipinski definition) is 2. The first-order chi connectivity index (χ1) is 5.42. The number of nitrogens with zero attached hydrogens (tertiary/aromatic N) is 1. The van der Waals surface area contributed by atoms with Crippen molar-refractivity contribution < 1.29 is 4.74 Å². The van der Waals surface area contributed by atoms with Crippen molar-refractivity contribution in [2.75, 3.05) is 7.11 Å². The van der Waals surface area contributed by atoms with Gasteiger partial charge in [0.15, 0.2) is 0 Å². The Morgan fingerprint density at radius 2 is 2.18 bits per heavy atom. The fourth-order valence-corrected chi connectivity index (χ4v) is 2.58. The maximum absolute atomic E-state index is 5.10. The molecule has 0 radical (unpaired) electrons. The molecule has 3 heteroatoms. The van der Waals surface area contributed by atoms with Crippen LogP contribution in [0.5, 0.6) is 5.88 Å². The molecule has 0 saturated heterocycles. The van der Waals surface area contributed by atoms with Crippen LogP contribution in [0.25, 0.3) is 9.65 Å².